The van der Waals surface area contributed by atoms with E-state index in [4.69, 9.17) is 4.74 Å². The van der Waals surface area contributed by atoms with E-state index in [1.165, 1.54) is 0 Å². The van der Waals surface area contributed by atoms with Crippen LogP contribution in [0.25, 0.3) is 10.8 Å². The first-order valence-electron chi connectivity index (χ1n) is 14.9. The van der Waals surface area contributed by atoms with Gasteiger partial charge >= 0.3 is 12.0 Å². The number of carboxylic acids is 1. The highest BCUT2D eigenvalue weighted by molar-refractivity contribution is 6.07. The molecular weight excluding hydrogens is 572 g/mol. The number of ether oxygens (including phenoxy) is 1. The van der Waals surface area contributed by atoms with Crippen molar-refractivity contribution in [2.75, 3.05) is 37.4 Å². The van der Waals surface area contributed by atoms with E-state index in [0.29, 0.717) is 42.3 Å². The lowest BCUT2D eigenvalue weighted by Crippen LogP contribution is -2.49. The van der Waals surface area contributed by atoms with Crippen molar-refractivity contribution in [3.8, 4) is 5.75 Å². The molecule has 0 radical (unpaired) electrons. The van der Waals surface area contributed by atoms with Gasteiger partial charge in [-0.1, -0.05) is 55.5 Å². The molecule has 0 fully saturated rings. The van der Waals surface area contributed by atoms with Gasteiger partial charge < -0.3 is 30.5 Å². The zero-order valence-electron chi connectivity index (χ0n) is 25.6. The van der Waals surface area contributed by atoms with Crippen molar-refractivity contribution >= 4 is 40.1 Å². The van der Waals surface area contributed by atoms with E-state index in [2.05, 4.69) is 15.5 Å². The lowest BCUT2D eigenvalue weighted by molar-refractivity contribution is 0.0341. The summed E-state index contributed by atoms with van der Waals surface area (Å²) in [4.78, 5) is 41.8. The fourth-order valence-electron chi connectivity index (χ4n) is 5.57. The zero-order valence-corrected chi connectivity index (χ0v) is 25.6. The minimum absolute atomic E-state index is 0.0720. The molecule has 0 unspecified atom stereocenters. The Balaban J connectivity index is 1.35. The molecule has 5 rings (SSSR count). The number of rotatable bonds is 9. The fraction of sp³-hybridized carbons (Fsp3) is 0.286. The molecule has 1 aliphatic rings. The summed E-state index contributed by atoms with van der Waals surface area (Å²) in [7, 11) is 1.96. The summed E-state index contributed by atoms with van der Waals surface area (Å²) < 4.78 is 6.49. The number of nitrogens with one attached hydrogen (secondary N) is 2. The number of carboxylic acid groups (broad SMARTS) is 1. The summed E-state index contributed by atoms with van der Waals surface area (Å²) in [5.41, 5.74) is 2.58. The quantitative estimate of drug-likeness (QED) is 0.196. The normalized spacial score (nSPS) is 17.2. The molecule has 1 heterocycles. The second kappa shape index (κ2) is 13.8. The van der Waals surface area contributed by atoms with E-state index in [9.17, 15) is 24.6 Å². The summed E-state index contributed by atoms with van der Waals surface area (Å²) in [6.07, 6.45) is -0.304. The van der Waals surface area contributed by atoms with Crippen molar-refractivity contribution in [3.05, 3.63) is 102 Å². The Morgan fingerprint density at radius 2 is 1.76 bits per heavy atom. The van der Waals surface area contributed by atoms with Crippen LogP contribution >= 0.6 is 0 Å². The second-order valence-corrected chi connectivity index (χ2v) is 11.6. The van der Waals surface area contributed by atoms with Gasteiger partial charge in [-0.05, 0) is 61.3 Å². The van der Waals surface area contributed by atoms with Crippen LogP contribution in [0.4, 0.5) is 16.2 Å². The van der Waals surface area contributed by atoms with Gasteiger partial charge in [0.1, 0.15) is 11.9 Å². The number of hydrogen-bond acceptors (Lipinski definition) is 6. The van der Waals surface area contributed by atoms with Gasteiger partial charge in [0.15, 0.2) is 0 Å². The number of hydrogen-bond donors (Lipinski definition) is 4. The Kier molecular flexibility index (Phi) is 9.65. The second-order valence-electron chi connectivity index (χ2n) is 11.6. The van der Waals surface area contributed by atoms with Gasteiger partial charge in [-0.25, -0.2) is 9.59 Å². The average Bonchev–Trinajstić information content (AvgIpc) is 3.03. The number of aliphatic hydroxyl groups excluding tert-OH is 1. The molecule has 4 aromatic rings. The number of aliphatic hydroxyl groups is 1. The van der Waals surface area contributed by atoms with Crippen molar-refractivity contribution in [2.45, 2.75) is 32.5 Å². The number of anilines is 2. The summed E-state index contributed by atoms with van der Waals surface area (Å²) in [6.45, 7) is 5.09. The molecular formula is C35H38N4O6. The van der Waals surface area contributed by atoms with Crippen molar-refractivity contribution in [2.24, 2.45) is 5.92 Å². The first-order chi connectivity index (χ1) is 21.6. The van der Waals surface area contributed by atoms with Crippen molar-refractivity contribution < 1.29 is 29.3 Å². The number of urea groups is 1. The molecule has 0 saturated heterocycles. The molecule has 234 valence electrons. The van der Waals surface area contributed by atoms with Gasteiger partial charge in [0, 0.05) is 36.6 Å². The Morgan fingerprint density at radius 3 is 2.49 bits per heavy atom. The molecule has 3 amide bonds. The highest BCUT2D eigenvalue weighted by atomic mass is 16.5. The molecule has 3 atom stereocenters. The maximum Gasteiger partial charge on any atom is 0.335 e. The number of fused-ring (bicyclic) bond motifs is 2. The Bertz CT molecular complexity index is 1690. The monoisotopic (exact) mass is 610 g/mol. The molecule has 0 aliphatic carbocycles. The summed E-state index contributed by atoms with van der Waals surface area (Å²) >= 11 is 0. The highest BCUT2D eigenvalue weighted by Crippen LogP contribution is 2.31. The number of nitrogens with zero attached hydrogens (tertiary/aromatic N) is 2. The van der Waals surface area contributed by atoms with Crippen LogP contribution in [0.1, 0.15) is 40.1 Å². The van der Waals surface area contributed by atoms with E-state index in [-0.39, 0.29) is 30.1 Å². The molecule has 0 saturated carbocycles. The molecule has 4 aromatic carbocycles. The molecule has 0 spiro atoms. The summed E-state index contributed by atoms with van der Waals surface area (Å²) in [5, 5.41) is 26.8. The van der Waals surface area contributed by atoms with Crippen LogP contribution in [0, 0.1) is 5.92 Å². The molecule has 45 heavy (non-hydrogen) atoms. The van der Waals surface area contributed by atoms with Gasteiger partial charge in [-0.2, -0.15) is 0 Å². The third kappa shape index (κ3) is 7.42. The number of amides is 3. The SMILES string of the molecule is C[C@H]1CN([C@@H](C)CO)C(=O)c2cc(NC(=O)Nc3cccc4ccccc34)ccc2O[C@H]1CN(C)Cc1ccc(C(=O)O)cc1. The maximum absolute atomic E-state index is 13.8. The molecule has 0 bridgehead atoms. The van der Waals surface area contributed by atoms with Crippen LogP contribution in [0.5, 0.6) is 5.75 Å². The smallest absolute Gasteiger partial charge is 0.335 e. The van der Waals surface area contributed by atoms with Gasteiger partial charge in [0.05, 0.1) is 29.5 Å². The van der Waals surface area contributed by atoms with Crippen LogP contribution in [-0.2, 0) is 6.54 Å². The van der Waals surface area contributed by atoms with Crippen molar-refractivity contribution in [1.29, 1.82) is 0 Å². The topological polar surface area (TPSA) is 131 Å². The minimum atomic E-state index is -0.967. The number of aromatic carboxylic acids is 1. The Morgan fingerprint density at radius 1 is 1.02 bits per heavy atom. The van der Waals surface area contributed by atoms with Gasteiger partial charge in [0.2, 0.25) is 0 Å². The first kappa shape index (κ1) is 31.5. The molecule has 0 aromatic heterocycles. The number of benzene rings is 4. The number of carbonyl (C=O) groups excluding carboxylic acids is 2. The first-order valence-corrected chi connectivity index (χ1v) is 14.9. The van der Waals surface area contributed by atoms with E-state index >= 15 is 0 Å². The lowest BCUT2D eigenvalue weighted by atomic mass is 9.99. The molecule has 1 aliphatic heterocycles. The number of carbonyl (C=O) groups is 3. The van der Waals surface area contributed by atoms with Crippen LogP contribution in [0.15, 0.2) is 84.9 Å². The largest absolute Gasteiger partial charge is 0.488 e. The van der Waals surface area contributed by atoms with Crippen LogP contribution in [0.2, 0.25) is 0 Å². The van der Waals surface area contributed by atoms with Crippen LogP contribution < -0.4 is 15.4 Å². The maximum atomic E-state index is 13.8. The van der Waals surface area contributed by atoms with E-state index in [1.54, 1.807) is 54.3 Å². The Labute approximate surface area is 262 Å². The van der Waals surface area contributed by atoms with Crippen molar-refractivity contribution in [3.63, 3.8) is 0 Å². The molecule has 4 N–H and O–H groups in total. The van der Waals surface area contributed by atoms with Gasteiger partial charge in [-0.15, -0.1) is 0 Å². The zero-order chi connectivity index (χ0) is 32.1. The highest BCUT2D eigenvalue weighted by Gasteiger charge is 2.33. The van der Waals surface area contributed by atoms with Crippen molar-refractivity contribution in [1.82, 2.24) is 9.80 Å². The average molecular weight is 611 g/mol. The predicted octanol–water partition coefficient (Wildman–Crippen LogP) is 5.53. The third-order valence-electron chi connectivity index (χ3n) is 8.11. The number of likely N-dealkylation sites (N-methyl/N-ethyl adjacent to an activating group) is 1. The summed E-state index contributed by atoms with van der Waals surface area (Å²) in [6, 6.07) is 24.3. The van der Waals surface area contributed by atoms with Crippen LogP contribution in [0.3, 0.4) is 0 Å². The standard InChI is InChI=1S/C35H38N4O6/c1-22-18-39(23(2)21-40)33(41)29-17-27(36-35(44)37-30-10-6-8-25-7-4-5-9-28(25)30)15-16-31(29)45-32(22)20-38(3)19-24-11-13-26(14-12-24)34(42)43/h4-17,22-23,32,40H,18-21H2,1-3H3,(H,42,43)(H2,36,37,44)/t22-,23-,32-/m0/s1. The van der Waals surface area contributed by atoms with Crippen LogP contribution in [-0.4, -0.2) is 76.8 Å². The third-order valence-corrected chi connectivity index (χ3v) is 8.11. The lowest BCUT2D eigenvalue weighted by Gasteiger charge is -2.38. The minimum Gasteiger partial charge on any atom is -0.488 e. The molecule has 10 heteroatoms. The molecule has 10 nitrogen and oxygen atoms in total. The van der Waals surface area contributed by atoms with Gasteiger partial charge in [0.25, 0.3) is 5.91 Å². The van der Waals surface area contributed by atoms with E-state index < -0.39 is 18.0 Å². The van der Waals surface area contributed by atoms with E-state index in [0.717, 1.165) is 16.3 Å². The van der Waals surface area contributed by atoms with E-state index in [1.807, 2.05) is 56.4 Å². The summed E-state index contributed by atoms with van der Waals surface area (Å²) in [5.74, 6) is -0.935. The Hall–Kier alpha value is -4.93. The fourth-order valence-corrected chi connectivity index (χ4v) is 5.57. The predicted molar refractivity (Wildman–Crippen MR) is 174 cm³/mol. The van der Waals surface area contributed by atoms with Gasteiger partial charge in [-0.3, -0.25) is 9.69 Å².